The van der Waals surface area contributed by atoms with E-state index >= 15 is 0 Å². The first kappa shape index (κ1) is 15.1. The monoisotopic (exact) mass is 291 g/mol. The molecule has 1 aromatic heterocycles. The molecule has 2 aromatic rings. The summed E-state index contributed by atoms with van der Waals surface area (Å²) in [4.78, 5) is 0. The summed E-state index contributed by atoms with van der Waals surface area (Å²) in [6.45, 7) is 10.1. The van der Waals surface area contributed by atoms with Crippen molar-refractivity contribution in [2.24, 2.45) is 0 Å². The molecule has 2 rings (SSSR count). The van der Waals surface area contributed by atoms with Gasteiger partial charge in [0.25, 0.3) is 0 Å². The van der Waals surface area contributed by atoms with Crippen LogP contribution in [0.3, 0.4) is 0 Å². The topological polar surface area (TPSA) is 29.9 Å². The lowest BCUT2D eigenvalue weighted by molar-refractivity contribution is 0.441. The highest BCUT2D eigenvalue weighted by Crippen LogP contribution is 2.23. The van der Waals surface area contributed by atoms with Crippen LogP contribution >= 0.6 is 11.6 Å². The molecule has 1 N–H and O–H groups in total. The molecule has 0 saturated carbocycles. The van der Waals surface area contributed by atoms with Gasteiger partial charge >= 0.3 is 0 Å². The van der Waals surface area contributed by atoms with Crippen molar-refractivity contribution in [3.8, 4) is 0 Å². The van der Waals surface area contributed by atoms with Crippen LogP contribution in [0, 0.1) is 20.8 Å². The predicted molar refractivity (Wildman–Crippen MR) is 84.3 cm³/mol. The largest absolute Gasteiger partial charge is 0.309 e. The molecule has 0 bridgehead atoms. The number of benzene rings is 1. The highest BCUT2D eigenvalue weighted by Gasteiger charge is 2.16. The maximum absolute atomic E-state index is 6.09. The number of likely N-dealkylation sites (N-methyl/N-ethyl adjacent to an activating group) is 1. The van der Waals surface area contributed by atoms with Crippen LogP contribution in [-0.4, -0.2) is 16.3 Å². The van der Waals surface area contributed by atoms with Crippen molar-refractivity contribution in [1.82, 2.24) is 15.1 Å². The molecule has 0 aliphatic rings. The average Bonchev–Trinajstić information content (AvgIpc) is 2.73. The molecule has 1 aromatic carbocycles. The van der Waals surface area contributed by atoms with E-state index in [2.05, 4.69) is 49.4 Å². The SMILES string of the molecule is CCNC(Cn1ncc(Cl)c1C)c1cc(C)ccc1C. The predicted octanol–water partition coefficient (Wildman–Crippen LogP) is 3.81. The summed E-state index contributed by atoms with van der Waals surface area (Å²) in [6.07, 6.45) is 1.71. The Labute approximate surface area is 126 Å². The second-order valence-corrected chi connectivity index (χ2v) is 5.64. The molecule has 0 radical (unpaired) electrons. The van der Waals surface area contributed by atoms with E-state index in [0.717, 1.165) is 23.8 Å². The van der Waals surface area contributed by atoms with Gasteiger partial charge in [0.1, 0.15) is 0 Å². The summed E-state index contributed by atoms with van der Waals surface area (Å²) < 4.78 is 1.97. The van der Waals surface area contributed by atoms with Gasteiger partial charge in [-0.3, -0.25) is 4.68 Å². The van der Waals surface area contributed by atoms with Crippen LogP contribution in [0.25, 0.3) is 0 Å². The summed E-state index contributed by atoms with van der Waals surface area (Å²) in [7, 11) is 0. The lowest BCUT2D eigenvalue weighted by atomic mass is 9.98. The first-order valence-corrected chi connectivity index (χ1v) is 7.39. The zero-order valence-electron chi connectivity index (χ0n) is 12.6. The quantitative estimate of drug-likeness (QED) is 0.908. The van der Waals surface area contributed by atoms with Crippen LogP contribution in [0.2, 0.25) is 5.02 Å². The minimum absolute atomic E-state index is 0.245. The number of hydrogen-bond donors (Lipinski definition) is 1. The molecular formula is C16H22ClN3. The zero-order valence-corrected chi connectivity index (χ0v) is 13.3. The minimum atomic E-state index is 0.245. The third-order valence-electron chi connectivity index (χ3n) is 3.66. The normalized spacial score (nSPS) is 12.7. The Kier molecular flexibility index (Phi) is 4.84. The molecular weight excluding hydrogens is 270 g/mol. The molecule has 1 unspecified atom stereocenters. The first-order chi connectivity index (χ1) is 9.52. The molecule has 0 amide bonds. The molecule has 1 atom stereocenters. The number of aryl methyl sites for hydroxylation is 2. The number of nitrogens with zero attached hydrogens (tertiary/aromatic N) is 2. The highest BCUT2D eigenvalue weighted by molar-refractivity contribution is 6.31. The molecule has 4 heteroatoms. The van der Waals surface area contributed by atoms with Crippen molar-refractivity contribution in [3.63, 3.8) is 0 Å². The summed E-state index contributed by atoms with van der Waals surface area (Å²) >= 11 is 6.09. The van der Waals surface area contributed by atoms with Gasteiger partial charge in [-0.05, 0) is 38.4 Å². The minimum Gasteiger partial charge on any atom is -0.309 e. The molecule has 108 valence electrons. The van der Waals surface area contributed by atoms with Gasteiger partial charge in [0.05, 0.1) is 29.5 Å². The Bertz CT molecular complexity index is 589. The van der Waals surface area contributed by atoms with Crippen LogP contribution in [0.5, 0.6) is 0 Å². The van der Waals surface area contributed by atoms with Gasteiger partial charge in [-0.2, -0.15) is 5.10 Å². The summed E-state index contributed by atoms with van der Waals surface area (Å²) in [5, 5.41) is 8.63. The number of nitrogens with one attached hydrogen (secondary N) is 1. The van der Waals surface area contributed by atoms with Crippen molar-refractivity contribution in [2.75, 3.05) is 6.54 Å². The Morgan fingerprint density at radius 3 is 2.65 bits per heavy atom. The smallest absolute Gasteiger partial charge is 0.0814 e. The van der Waals surface area contributed by atoms with Gasteiger partial charge in [0, 0.05) is 0 Å². The Hall–Kier alpha value is -1.32. The van der Waals surface area contributed by atoms with Crippen molar-refractivity contribution < 1.29 is 0 Å². The maximum Gasteiger partial charge on any atom is 0.0814 e. The molecule has 0 aliphatic heterocycles. The lowest BCUT2D eigenvalue weighted by Crippen LogP contribution is -2.27. The van der Waals surface area contributed by atoms with Crippen LogP contribution < -0.4 is 5.32 Å². The highest BCUT2D eigenvalue weighted by atomic mass is 35.5. The van der Waals surface area contributed by atoms with E-state index in [1.54, 1.807) is 6.20 Å². The second kappa shape index (κ2) is 6.42. The third kappa shape index (κ3) is 3.22. The van der Waals surface area contributed by atoms with Crippen LogP contribution in [0.15, 0.2) is 24.4 Å². The number of halogens is 1. The molecule has 0 spiro atoms. The van der Waals surface area contributed by atoms with Crippen LogP contribution in [0.4, 0.5) is 0 Å². The van der Waals surface area contributed by atoms with Crippen molar-refractivity contribution in [3.05, 3.63) is 51.8 Å². The number of rotatable bonds is 5. The zero-order chi connectivity index (χ0) is 14.7. The average molecular weight is 292 g/mol. The molecule has 20 heavy (non-hydrogen) atoms. The number of aromatic nitrogens is 2. The Balaban J connectivity index is 2.31. The van der Waals surface area contributed by atoms with Crippen LogP contribution in [0.1, 0.15) is 35.3 Å². The Morgan fingerprint density at radius 1 is 1.30 bits per heavy atom. The molecule has 3 nitrogen and oxygen atoms in total. The van der Waals surface area contributed by atoms with E-state index in [4.69, 9.17) is 11.6 Å². The first-order valence-electron chi connectivity index (χ1n) is 7.01. The number of hydrogen-bond acceptors (Lipinski definition) is 2. The maximum atomic E-state index is 6.09. The second-order valence-electron chi connectivity index (χ2n) is 5.23. The van der Waals surface area contributed by atoms with Gasteiger partial charge in [0.15, 0.2) is 0 Å². The fraction of sp³-hybridized carbons (Fsp3) is 0.438. The van der Waals surface area contributed by atoms with E-state index < -0.39 is 0 Å². The van der Waals surface area contributed by atoms with E-state index in [1.165, 1.54) is 16.7 Å². The van der Waals surface area contributed by atoms with Crippen molar-refractivity contribution in [2.45, 2.75) is 40.3 Å². The fourth-order valence-corrected chi connectivity index (χ4v) is 2.58. The van der Waals surface area contributed by atoms with E-state index in [9.17, 15) is 0 Å². The van der Waals surface area contributed by atoms with E-state index in [1.807, 2.05) is 11.6 Å². The van der Waals surface area contributed by atoms with E-state index in [0.29, 0.717) is 0 Å². The third-order valence-corrected chi connectivity index (χ3v) is 4.03. The van der Waals surface area contributed by atoms with Crippen molar-refractivity contribution >= 4 is 11.6 Å². The van der Waals surface area contributed by atoms with Crippen LogP contribution in [-0.2, 0) is 6.54 Å². The summed E-state index contributed by atoms with van der Waals surface area (Å²) in [6, 6.07) is 6.83. The van der Waals surface area contributed by atoms with Gasteiger partial charge < -0.3 is 5.32 Å². The lowest BCUT2D eigenvalue weighted by Gasteiger charge is -2.21. The van der Waals surface area contributed by atoms with Gasteiger partial charge in [0.2, 0.25) is 0 Å². The van der Waals surface area contributed by atoms with Gasteiger partial charge in [-0.1, -0.05) is 42.3 Å². The summed E-state index contributed by atoms with van der Waals surface area (Å²) in [5.74, 6) is 0. The van der Waals surface area contributed by atoms with Crippen molar-refractivity contribution in [1.29, 1.82) is 0 Å². The standard InChI is InChI=1S/C16H22ClN3/c1-5-18-16(10-20-13(4)15(17)9-19-20)14-8-11(2)6-7-12(14)3/h6-9,16,18H,5,10H2,1-4H3. The Morgan fingerprint density at radius 2 is 2.05 bits per heavy atom. The van der Waals surface area contributed by atoms with Gasteiger partial charge in [-0.15, -0.1) is 0 Å². The summed E-state index contributed by atoms with van der Waals surface area (Å²) in [5.41, 5.74) is 4.93. The fourth-order valence-electron chi connectivity index (χ4n) is 2.44. The molecule has 1 heterocycles. The van der Waals surface area contributed by atoms with E-state index in [-0.39, 0.29) is 6.04 Å². The molecule has 0 saturated heterocycles. The molecule has 0 fully saturated rings. The molecule has 0 aliphatic carbocycles. The van der Waals surface area contributed by atoms with Gasteiger partial charge in [-0.25, -0.2) is 0 Å².